The Morgan fingerprint density at radius 1 is 1.07 bits per heavy atom. The second kappa shape index (κ2) is 12.3. The monoisotopic (exact) mass is 631 g/mol. The summed E-state index contributed by atoms with van der Waals surface area (Å²) < 4.78 is 71.1. The smallest absolute Gasteiger partial charge is 0.396 e. The number of rotatable bonds is 8. The van der Waals surface area contributed by atoms with Gasteiger partial charge in [-0.2, -0.15) is 22.4 Å². The highest BCUT2D eigenvalue weighted by Gasteiger charge is 2.48. The molecule has 0 radical (unpaired) electrons. The number of hydrogen-bond acceptors (Lipinski definition) is 10. The molecule has 3 fully saturated rings. The third-order valence-electron chi connectivity index (χ3n) is 8.11. The first-order chi connectivity index (χ1) is 21.1. The van der Waals surface area contributed by atoms with Crippen LogP contribution in [0.4, 0.5) is 30.5 Å². The van der Waals surface area contributed by atoms with Gasteiger partial charge in [0, 0.05) is 37.7 Å². The van der Waals surface area contributed by atoms with Gasteiger partial charge in [0.05, 0.1) is 40.4 Å². The van der Waals surface area contributed by atoms with E-state index in [9.17, 15) is 26.7 Å². The molecule has 3 aromatic rings. The first kappa shape index (κ1) is 30.3. The van der Waals surface area contributed by atoms with Crippen LogP contribution in [0.1, 0.15) is 50.5 Å². The Balaban J connectivity index is 1.23. The van der Waals surface area contributed by atoms with E-state index < -0.39 is 33.5 Å². The fourth-order valence-electron chi connectivity index (χ4n) is 5.46. The molecule has 15 heteroatoms. The van der Waals surface area contributed by atoms with Crippen molar-refractivity contribution < 1.29 is 31.4 Å². The minimum atomic E-state index is -4.49. The van der Waals surface area contributed by atoms with Crippen LogP contribution < -0.4 is 10.6 Å². The number of hydrogen-bond donors (Lipinski definition) is 3. The van der Waals surface area contributed by atoms with Crippen LogP contribution >= 0.6 is 0 Å². The molecule has 3 N–H and O–H groups in total. The molecule has 3 aromatic heterocycles. The molecule has 0 spiro atoms. The molecule has 44 heavy (non-hydrogen) atoms. The van der Waals surface area contributed by atoms with E-state index in [0.29, 0.717) is 41.3 Å². The molecule has 2 aliphatic carbocycles. The van der Waals surface area contributed by atoms with Crippen molar-refractivity contribution in [2.75, 3.05) is 23.8 Å². The number of alkyl halides is 3. The maximum absolute atomic E-state index is 13.4. The van der Waals surface area contributed by atoms with Crippen molar-refractivity contribution in [3.05, 3.63) is 42.5 Å². The maximum Gasteiger partial charge on any atom is 0.415 e. The van der Waals surface area contributed by atoms with E-state index in [1.165, 1.54) is 24.8 Å². The summed E-state index contributed by atoms with van der Waals surface area (Å²) in [6, 6.07) is 3.46. The molecule has 2 saturated carbocycles. The van der Waals surface area contributed by atoms with Gasteiger partial charge in [-0.05, 0) is 56.9 Å². The van der Waals surface area contributed by atoms with Crippen molar-refractivity contribution in [3.63, 3.8) is 0 Å². The average Bonchev–Trinajstić information content (AvgIpc) is 3.54. The van der Waals surface area contributed by atoms with E-state index in [4.69, 9.17) is 4.74 Å². The number of aromatic nitrogens is 5. The van der Waals surface area contributed by atoms with Gasteiger partial charge in [0.1, 0.15) is 11.6 Å². The summed E-state index contributed by atoms with van der Waals surface area (Å²) in [5, 5.41) is 19.7. The summed E-state index contributed by atoms with van der Waals surface area (Å²) in [4.78, 5) is 13.2. The molecule has 0 aromatic carbocycles. The van der Waals surface area contributed by atoms with Crippen LogP contribution in [-0.2, 0) is 14.8 Å². The minimum Gasteiger partial charge on any atom is -0.396 e. The average molecular weight is 632 g/mol. The van der Waals surface area contributed by atoms with Gasteiger partial charge >= 0.3 is 6.18 Å². The standard InChI is InChI=1S/C29H32F3N7O4S/c30-29(31,32)27-19(10-12-43-27)3-4-20-14-34-26(13-24(20)36-22-5-1-18(17-40)2-6-22)37-25-9-11-33-28(38-25)21-15-35-39(16-21)44(41,42)23-7-8-23/h9,11,13-16,18-19,22-23,27,40H,1-2,5-8,10,12,17H2,(H2,33,34,36,37,38)/t18?,19-,22?,27+/m0/s1. The highest BCUT2D eigenvalue weighted by Crippen LogP contribution is 2.35. The summed E-state index contributed by atoms with van der Waals surface area (Å²) in [7, 11) is -3.53. The zero-order chi connectivity index (χ0) is 30.9. The summed E-state index contributed by atoms with van der Waals surface area (Å²) in [5.41, 5.74) is 1.51. The number of nitrogens with zero attached hydrogens (tertiary/aromatic N) is 5. The fraction of sp³-hybridized carbons (Fsp3) is 0.517. The second-order valence-electron chi connectivity index (χ2n) is 11.4. The predicted molar refractivity (Wildman–Crippen MR) is 155 cm³/mol. The highest BCUT2D eigenvalue weighted by molar-refractivity contribution is 7.90. The molecule has 6 rings (SSSR count). The lowest BCUT2D eigenvalue weighted by Crippen LogP contribution is -2.33. The molecule has 11 nitrogen and oxygen atoms in total. The Hall–Kier alpha value is -3.74. The van der Waals surface area contributed by atoms with E-state index in [2.05, 4.69) is 42.5 Å². The maximum atomic E-state index is 13.4. The van der Waals surface area contributed by atoms with E-state index in [1.54, 1.807) is 12.1 Å². The number of ether oxygens (including phenoxy) is 1. The van der Waals surface area contributed by atoms with Crippen molar-refractivity contribution >= 4 is 27.3 Å². The molecule has 2 atom stereocenters. The largest absolute Gasteiger partial charge is 0.415 e. The number of aliphatic hydroxyl groups is 1. The Bertz CT molecular complexity index is 1660. The summed E-state index contributed by atoms with van der Waals surface area (Å²) >= 11 is 0. The summed E-state index contributed by atoms with van der Waals surface area (Å²) in [6.07, 6.45) is 4.23. The second-order valence-corrected chi connectivity index (χ2v) is 13.5. The Kier molecular flexibility index (Phi) is 8.49. The zero-order valence-corrected chi connectivity index (χ0v) is 24.5. The van der Waals surface area contributed by atoms with Gasteiger partial charge in [0.25, 0.3) is 10.0 Å². The third kappa shape index (κ3) is 6.82. The Morgan fingerprint density at radius 2 is 1.86 bits per heavy atom. The van der Waals surface area contributed by atoms with Crippen molar-refractivity contribution in [1.29, 1.82) is 0 Å². The normalized spacial score (nSPS) is 24.0. The number of nitrogens with one attached hydrogen (secondary N) is 2. The molecule has 4 heterocycles. The Labute approximate surface area is 252 Å². The fourth-order valence-corrected chi connectivity index (χ4v) is 6.94. The minimum absolute atomic E-state index is 0.00186. The molecule has 0 amide bonds. The van der Waals surface area contributed by atoms with Crippen molar-refractivity contribution in [3.8, 4) is 23.2 Å². The summed E-state index contributed by atoms with van der Waals surface area (Å²) in [6.45, 7) is 0.149. The topological polar surface area (TPSA) is 144 Å². The molecule has 0 unspecified atom stereocenters. The molecule has 3 aliphatic rings. The quantitative estimate of drug-likeness (QED) is 0.311. The van der Waals surface area contributed by atoms with Crippen molar-refractivity contribution in [2.24, 2.45) is 11.8 Å². The van der Waals surface area contributed by atoms with E-state index in [1.807, 2.05) is 0 Å². The van der Waals surface area contributed by atoms with Crippen molar-refractivity contribution in [2.45, 2.75) is 68.5 Å². The molecular formula is C29H32F3N7O4S. The molecular weight excluding hydrogens is 599 g/mol. The van der Waals surface area contributed by atoms with Crippen LogP contribution in [0.15, 0.2) is 36.9 Å². The third-order valence-corrected chi connectivity index (χ3v) is 10.1. The van der Waals surface area contributed by atoms with Gasteiger partial charge in [-0.1, -0.05) is 11.8 Å². The number of aliphatic hydroxyl groups excluding tert-OH is 1. The molecule has 1 saturated heterocycles. The van der Waals surface area contributed by atoms with Gasteiger partial charge in [-0.15, -0.1) is 0 Å². The Morgan fingerprint density at radius 3 is 2.59 bits per heavy atom. The number of halogens is 3. The van der Waals surface area contributed by atoms with Crippen LogP contribution in [0, 0.1) is 23.7 Å². The van der Waals surface area contributed by atoms with Gasteiger partial charge in [-0.25, -0.2) is 23.4 Å². The van der Waals surface area contributed by atoms with Crippen LogP contribution in [0.2, 0.25) is 0 Å². The number of anilines is 3. The van der Waals surface area contributed by atoms with E-state index in [0.717, 1.165) is 29.8 Å². The SMILES string of the molecule is O=S(=O)(C1CC1)n1cc(-c2nccc(Nc3cc(NC4CCC(CO)CC4)c(C#C[C@H]4CCO[C@H]4C(F)(F)F)cn3)n2)cn1. The number of pyridine rings is 1. The predicted octanol–water partition coefficient (Wildman–Crippen LogP) is 4.10. The van der Waals surface area contributed by atoms with Gasteiger partial charge in [-0.3, -0.25) is 0 Å². The lowest BCUT2D eigenvalue weighted by molar-refractivity contribution is -0.212. The van der Waals surface area contributed by atoms with Gasteiger partial charge in [0.2, 0.25) is 0 Å². The van der Waals surface area contributed by atoms with Gasteiger partial charge < -0.3 is 20.5 Å². The summed E-state index contributed by atoms with van der Waals surface area (Å²) in [5.74, 6) is 6.04. The highest BCUT2D eigenvalue weighted by atomic mass is 32.2. The zero-order valence-electron chi connectivity index (χ0n) is 23.7. The van der Waals surface area contributed by atoms with Crippen LogP contribution in [-0.4, -0.2) is 74.4 Å². The first-order valence-corrected chi connectivity index (χ1v) is 16.1. The first-order valence-electron chi connectivity index (χ1n) is 14.6. The molecule has 1 aliphatic heterocycles. The lowest BCUT2D eigenvalue weighted by Gasteiger charge is -2.29. The van der Waals surface area contributed by atoms with Crippen LogP contribution in [0.25, 0.3) is 11.4 Å². The molecule has 234 valence electrons. The van der Waals surface area contributed by atoms with Gasteiger partial charge in [0.15, 0.2) is 11.9 Å². The lowest BCUT2D eigenvalue weighted by atomic mass is 9.86. The van der Waals surface area contributed by atoms with Crippen LogP contribution in [0.3, 0.4) is 0 Å². The molecule has 0 bridgehead atoms. The van der Waals surface area contributed by atoms with Crippen LogP contribution in [0.5, 0.6) is 0 Å². The van der Waals surface area contributed by atoms with E-state index >= 15 is 0 Å². The van der Waals surface area contributed by atoms with E-state index in [-0.39, 0.29) is 37.4 Å². The van der Waals surface area contributed by atoms with Crippen molar-refractivity contribution in [1.82, 2.24) is 24.1 Å².